The average Bonchev–Trinajstić information content (AvgIpc) is 2.66. The van der Waals surface area contributed by atoms with Crippen LogP contribution < -0.4 is 5.32 Å². The first-order valence-electron chi connectivity index (χ1n) is 8.51. The summed E-state index contributed by atoms with van der Waals surface area (Å²) < 4.78 is 39.6. The van der Waals surface area contributed by atoms with Gasteiger partial charge >= 0.3 is 6.18 Å². The average molecular weight is 367 g/mol. The minimum atomic E-state index is -4.61. The first kappa shape index (κ1) is 17.3. The maximum atomic E-state index is 13.2. The molecule has 1 N–H and O–H groups in total. The van der Waals surface area contributed by atoms with E-state index in [1.54, 1.807) is 24.3 Å². The molecule has 4 aromatic rings. The van der Waals surface area contributed by atoms with Gasteiger partial charge in [0, 0.05) is 5.39 Å². The Hall–Kier alpha value is -3.15. The number of fused-ring (bicyclic) bond motifs is 2. The molecule has 1 atom stereocenters. The summed E-state index contributed by atoms with van der Waals surface area (Å²) in [6.07, 6.45) is -4.61. The van der Waals surface area contributed by atoms with E-state index >= 15 is 0 Å². The molecule has 4 rings (SSSR count). The monoisotopic (exact) mass is 367 g/mol. The summed E-state index contributed by atoms with van der Waals surface area (Å²) in [7, 11) is 0. The molecule has 0 spiro atoms. The van der Waals surface area contributed by atoms with Crippen molar-refractivity contribution in [1.29, 1.82) is 0 Å². The second-order valence-corrected chi connectivity index (χ2v) is 6.35. The van der Waals surface area contributed by atoms with Gasteiger partial charge in [-0.1, -0.05) is 54.6 Å². The summed E-state index contributed by atoms with van der Waals surface area (Å²) in [6.45, 7) is 1.91. The molecule has 1 heterocycles. The van der Waals surface area contributed by atoms with E-state index in [0.29, 0.717) is 5.39 Å². The minimum absolute atomic E-state index is 0.174. The first-order valence-corrected chi connectivity index (χ1v) is 8.51. The number of halogens is 3. The Morgan fingerprint density at radius 1 is 0.815 bits per heavy atom. The minimum Gasteiger partial charge on any atom is -0.363 e. The van der Waals surface area contributed by atoms with Crippen LogP contribution >= 0.6 is 0 Å². The van der Waals surface area contributed by atoms with E-state index in [2.05, 4.69) is 15.3 Å². The predicted molar refractivity (Wildman–Crippen MR) is 101 cm³/mol. The maximum Gasteiger partial charge on any atom is 0.451 e. The molecule has 0 radical (unpaired) electrons. The van der Waals surface area contributed by atoms with Crippen LogP contribution in [0.1, 0.15) is 24.4 Å². The van der Waals surface area contributed by atoms with Crippen molar-refractivity contribution in [3.8, 4) is 0 Å². The summed E-state index contributed by atoms with van der Waals surface area (Å²) in [5.41, 5.74) is 1.25. The molecule has 1 unspecified atom stereocenters. The van der Waals surface area contributed by atoms with Gasteiger partial charge in [-0.2, -0.15) is 13.2 Å². The number of rotatable bonds is 3. The number of hydrogen-bond acceptors (Lipinski definition) is 3. The van der Waals surface area contributed by atoms with Gasteiger partial charge < -0.3 is 5.32 Å². The first-order chi connectivity index (χ1) is 12.9. The summed E-state index contributed by atoms with van der Waals surface area (Å²) in [6, 6.07) is 20.3. The van der Waals surface area contributed by atoms with Crippen molar-refractivity contribution >= 4 is 27.5 Å². The molecule has 0 aliphatic heterocycles. The molecule has 27 heavy (non-hydrogen) atoms. The van der Waals surface area contributed by atoms with Crippen LogP contribution in [0.2, 0.25) is 0 Å². The third kappa shape index (κ3) is 3.30. The molecule has 0 saturated carbocycles. The maximum absolute atomic E-state index is 13.2. The fourth-order valence-corrected chi connectivity index (χ4v) is 3.22. The van der Waals surface area contributed by atoms with E-state index < -0.39 is 12.0 Å². The molecule has 6 heteroatoms. The van der Waals surface area contributed by atoms with Crippen molar-refractivity contribution in [2.75, 3.05) is 5.32 Å². The Labute approximate surface area is 153 Å². The highest BCUT2D eigenvalue weighted by atomic mass is 19.4. The van der Waals surface area contributed by atoms with Gasteiger partial charge in [-0.25, -0.2) is 9.97 Å². The summed E-state index contributed by atoms with van der Waals surface area (Å²) in [5, 5.41) is 5.83. The lowest BCUT2D eigenvalue weighted by atomic mass is 9.99. The van der Waals surface area contributed by atoms with E-state index in [0.717, 1.165) is 16.3 Å². The lowest BCUT2D eigenvalue weighted by molar-refractivity contribution is -0.144. The van der Waals surface area contributed by atoms with E-state index in [4.69, 9.17) is 0 Å². The SMILES string of the molecule is CC(Nc1nc(C(F)(F)F)nc2ccccc12)c1cccc2ccccc12. The second-order valence-electron chi connectivity index (χ2n) is 6.35. The molecule has 0 saturated heterocycles. The van der Waals surface area contributed by atoms with Gasteiger partial charge in [0.2, 0.25) is 5.82 Å². The van der Waals surface area contributed by atoms with Crippen LogP contribution in [0.5, 0.6) is 0 Å². The Balaban J connectivity index is 1.80. The number of para-hydroxylation sites is 1. The zero-order valence-corrected chi connectivity index (χ0v) is 14.5. The quantitative estimate of drug-likeness (QED) is 0.484. The topological polar surface area (TPSA) is 37.8 Å². The van der Waals surface area contributed by atoms with Crippen LogP contribution in [0.3, 0.4) is 0 Å². The van der Waals surface area contributed by atoms with Crippen LogP contribution in [0.4, 0.5) is 19.0 Å². The molecule has 0 amide bonds. The third-order valence-corrected chi connectivity index (χ3v) is 4.50. The normalized spacial score (nSPS) is 13.0. The molecule has 3 nitrogen and oxygen atoms in total. The van der Waals surface area contributed by atoms with Crippen molar-refractivity contribution < 1.29 is 13.2 Å². The number of alkyl halides is 3. The smallest absolute Gasteiger partial charge is 0.363 e. The lowest BCUT2D eigenvalue weighted by Gasteiger charge is -2.19. The van der Waals surface area contributed by atoms with E-state index in [1.165, 1.54) is 0 Å². The van der Waals surface area contributed by atoms with Gasteiger partial charge in [-0.05, 0) is 35.4 Å². The fraction of sp³-hybridized carbons (Fsp3) is 0.143. The third-order valence-electron chi connectivity index (χ3n) is 4.50. The van der Waals surface area contributed by atoms with Crippen LogP contribution in [-0.2, 0) is 6.18 Å². The van der Waals surface area contributed by atoms with Gasteiger partial charge in [-0.15, -0.1) is 0 Å². The molecule has 3 aromatic carbocycles. The van der Waals surface area contributed by atoms with Gasteiger partial charge in [0.05, 0.1) is 11.6 Å². The molecule has 1 aromatic heterocycles. The van der Waals surface area contributed by atoms with Crippen molar-refractivity contribution in [3.63, 3.8) is 0 Å². The van der Waals surface area contributed by atoms with E-state index in [1.807, 2.05) is 49.4 Å². The van der Waals surface area contributed by atoms with Gasteiger partial charge in [0.1, 0.15) is 5.82 Å². The zero-order valence-electron chi connectivity index (χ0n) is 14.5. The van der Waals surface area contributed by atoms with Crippen LogP contribution in [0.15, 0.2) is 66.7 Å². The standard InChI is InChI=1S/C21H16F3N3/c1-13(15-11-6-8-14-7-2-3-9-16(14)15)25-19-17-10-4-5-12-18(17)26-20(27-19)21(22,23)24/h2-13H,1H3,(H,25,26,27). The van der Waals surface area contributed by atoms with Gasteiger partial charge in [0.15, 0.2) is 0 Å². The number of anilines is 1. The molecule has 0 fully saturated rings. The second kappa shape index (κ2) is 6.54. The van der Waals surface area contributed by atoms with Crippen molar-refractivity contribution in [2.24, 2.45) is 0 Å². The Kier molecular flexibility index (Phi) is 4.18. The molecule has 0 aliphatic rings. The Morgan fingerprint density at radius 2 is 1.48 bits per heavy atom. The van der Waals surface area contributed by atoms with Crippen LogP contribution in [0.25, 0.3) is 21.7 Å². The molecule has 0 aliphatic carbocycles. The van der Waals surface area contributed by atoms with Gasteiger partial charge in [-0.3, -0.25) is 0 Å². The lowest BCUT2D eigenvalue weighted by Crippen LogP contribution is -2.15. The Morgan fingerprint density at radius 3 is 2.26 bits per heavy atom. The summed E-state index contributed by atoms with van der Waals surface area (Å²) >= 11 is 0. The van der Waals surface area contributed by atoms with Crippen molar-refractivity contribution in [1.82, 2.24) is 9.97 Å². The fourth-order valence-electron chi connectivity index (χ4n) is 3.22. The molecule has 0 bridgehead atoms. The number of hydrogen-bond donors (Lipinski definition) is 1. The largest absolute Gasteiger partial charge is 0.451 e. The van der Waals surface area contributed by atoms with E-state index in [9.17, 15) is 13.2 Å². The van der Waals surface area contributed by atoms with Gasteiger partial charge in [0.25, 0.3) is 0 Å². The predicted octanol–water partition coefficient (Wildman–Crippen LogP) is 5.97. The van der Waals surface area contributed by atoms with Crippen LogP contribution in [0, 0.1) is 0 Å². The number of nitrogens with one attached hydrogen (secondary N) is 1. The molecular weight excluding hydrogens is 351 g/mol. The van der Waals surface area contributed by atoms with Crippen LogP contribution in [-0.4, -0.2) is 9.97 Å². The Bertz CT molecular complexity index is 1120. The number of aromatic nitrogens is 2. The number of nitrogens with zero attached hydrogens (tertiary/aromatic N) is 2. The summed E-state index contributed by atoms with van der Waals surface area (Å²) in [4.78, 5) is 7.43. The zero-order chi connectivity index (χ0) is 19.0. The molecular formula is C21H16F3N3. The van der Waals surface area contributed by atoms with Crippen molar-refractivity contribution in [2.45, 2.75) is 19.1 Å². The van der Waals surface area contributed by atoms with Crippen molar-refractivity contribution in [3.05, 3.63) is 78.1 Å². The number of benzene rings is 3. The van der Waals surface area contributed by atoms with E-state index in [-0.39, 0.29) is 17.4 Å². The summed E-state index contributed by atoms with van der Waals surface area (Å²) in [5.74, 6) is -0.970. The highest BCUT2D eigenvalue weighted by molar-refractivity contribution is 5.90. The molecule has 136 valence electrons. The highest BCUT2D eigenvalue weighted by Gasteiger charge is 2.35. The highest BCUT2D eigenvalue weighted by Crippen LogP contribution is 2.32.